The van der Waals surface area contributed by atoms with Crippen LogP contribution in [0.4, 0.5) is 5.69 Å². The third-order valence-electron chi connectivity index (χ3n) is 2.77. The van der Waals surface area contributed by atoms with Gasteiger partial charge in [-0.3, -0.25) is 9.78 Å². The second-order valence-electron chi connectivity index (χ2n) is 4.06. The Balaban J connectivity index is 2.41. The fourth-order valence-corrected chi connectivity index (χ4v) is 2.15. The first kappa shape index (κ1) is 15.2. The normalized spacial score (nSPS) is 10.0. The van der Waals surface area contributed by atoms with E-state index in [9.17, 15) is 4.79 Å². The van der Waals surface area contributed by atoms with Crippen molar-refractivity contribution in [1.82, 2.24) is 4.98 Å². The Morgan fingerprint density at radius 1 is 1.38 bits per heavy atom. The number of methoxy groups -OCH3 is 1. The molecule has 1 aromatic carbocycles. The molecule has 1 aromatic heterocycles. The Morgan fingerprint density at radius 2 is 2.14 bits per heavy atom. The standard InChI is InChI=1S/C14H12ClN3O2S/c1-20-11-4-2-3-9(13(16)21)12(11)18-14(19)8-5-6-17-7-10(8)15/h2-7H,1H3,(H2,16,21)(H,18,19). The summed E-state index contributed by atoms with van der Waals surface area (Å²) in [4.78, 5) is 16.3. The summed E-state index contributed by atoms with van der Waals surface area (Å²) in [5, 5.41) is 2.98. The van der Waals surface area contributed by atoms with Crippen LogP contribution in [0.3, 0.4) is 0 Å². The van der Waals surface area contributed by atoms with Crippen molar-refractivity contribution in [3.63, 3.8) is 0 Å². The Labute approximate surface area is 132 Å². The fraction of sp³-hybridized carbons (Fsp3) is 0.0714. The number of anilines is 1. The summed E-state index contributed by atoms with van der Waals surface area (Å²) >= 11 is 10.9. The van der Waals surface area contributed by atoms with E-state index in [4.69, 9.17) is 34.3 Å². The van der Waals surface area contributed by atoms with Gasteiger partial charge in [-0.15, -0.1) is 0 Å². The first-order valence-corrected chi connectivity index (χ1v) is 6.71. The number of ether oxygens (including phenoxy) is 1. The van der Waals surface area contributed by atoms with Gasteiger partial charge in [-0.1, -0.05) is 29.9 Å². The molecule has 0 aliphatic heterocycles. The van der Waals surface area contributed by atoms with E-state index in [1.165, 1.54) is 25.6 Å². The Kier molecular flexibility index (Phi) is 4.72. The number of rotatable bonds is 4. The zero-order chi connectivity index (χ0) is 15.4. The summed E-state index contributed by atoms with van der Waals surface area (Å²) in [6.45, 7) is 0. The zero-order valence-corrected chi connectivity index (χ0v) is 12.7. The summed E-state index contributed by atoms with van der Waals surface area (Å²) in [6.07, 6.45) is 2.88. The second kappa shape index (κ2) is 6.51. The lowest BCUT2D eigenvalue weighted by molar-refractivity contribution is 0.102. The zero-order valence-electron chi connectivity index (χ0n) is 11.1. The predicted molar refractivity (Wildman–Crippen MR) is 86.1 cm³/mol. The van der Waals surface area contributed by atoms with Gasteiger partial charge in [0.15, 0.2) is 0 Å². The minimum Gasteiger partial charge on any atom is -0.495 e. The van der Waals surface area contributed by atoms with Crippen LogP contribution in [0, 0.1) is 0 Å². The van der Waals surface area contributed by atoms with Crippen LogP contribution in [-0.4, -0.2) is 23.0 Å². The van der Waals surface area contributed by atoms with Gasteiger partial charge in [-0.05, 0) is 18.2 Å². The lowest BCUT2D eigenvalue weighted by atomic mass is 10.1. The number of para-hydroxylation sites is 1. The molecule has 3 N–H and O–H groups in total. The van der Waals surface area contributed by atoms with E-state index in [0.29, 0.717) is 22.6 Å². The molecule has 0 fully saturated rings. The highest BCUT2D eigenvalue weighted by Crippen LogP contribution is 2.29. The molecule has 1 heterocycles. The first-order valence-electron chi connectivity index (χ1n) is 5.92. The Hall–Kier alpha value is -2.18. The van der Waals surface area contributed by atoms with Gasteiger partial charge >= 0.3 is 0 Å². The number of nitrogens with zero attached hydrogens (tertiary/aromatic N) is 1. The van der Waals surface area contributed by atoms with E-state index in [1.54, 1.807) is 18.2 Å². The lowest BCUT2D eigenvalue weighted by Crippen LogP contribution is -2.18. The molecular formula is C14H12ClN3O2S. The maximum absolute atomic E-state index is 12.3. The van der Waals surface area contributed by atoms with Crippen molar-refractivity contribution in [2.45, 2.75) is 0 Å². The van der Waals surface area contributed by atoms with E-state index in [-0.39, 0.29) is 10.0 Å². The largest absolute Gasteiger partial charge is 0.495 e. The third kappa shape index (κ3) is 3.29. The fourth-order valence-electron chi connectivity index (χ4n) is 1.78. The quantitative estimate of drug-likeness (QED) is 0.846. The van der Waals surface area contributed by atoms with Crippen LogP contribution in [0.2, 0.25) is 5.02 Å². The molecule has 0 saturated heterocycles. The van der Waals surface area contributed by atoms with Gasteiger partial charge in [0.2, 0.25) is 0 Å². The minimum atomic E-state index is -0.399. The van der Waals surface area contributed by atoms with Crippen molar-refractivity contribution < 1.29 is 9.53 Å². The Morgan fingerprint density at radius 3 is 2.76 bits per heavy atom. The molecular weight excluding hydrogens is 310 g/mol. The van der Waals surface area contributed by atoms with Crippen LogP contribution < -0.4 is 15.8 Å². The average Bonchev–Trinajstić information content (AvgIpc) is 2.47. The summed E-state index contributed by atoms with van der Waals surface area (Å²) in [5.74, 6) is 0.0585. The Bertz CT molecular complexity index is 706. The van der Waals surface area contributed by atoms with Crippen LogP contribution in [0.1, 0.15) is 15.9 Å². The summed E-state index contributed by atoms with van der Waals surface area (Å²) < 4.78 is 5.23. The minimum absolute atomic E-state index is 0.157. The number of nitrogens with two attached hydrogens (primary N) is 1. The molecule has 1 amide bonds. The molecule has 0 radical (unpaired) electrons. The number of hydrogen-bond acceptors (Lipinski definition) is 4. The van der Waals surface area contributed by atoms with Crippen LogP contribution >= 0.6 is 23.8 Å². The number of amides is 1. The van der Waals surface area contributed by atoms with Gasteiger partial charge in [-0.25, -0.2) is 0 Å². The van der Waals surface area contributed by atoms with Crippen molar-refractivity contribution in [1.29, 1.82) is 0 Å². The maximum Gasteiger partial charge on any atom is 0.257 e. The number of benzene rings is 1. The van der Waals surface area contributed by atoms with Crippen LogP contribution in [0.5, 0.6) is 5.75 Å². The first-order chi connectivity index (χ1) is 10.0. The van der Waals surface area contributed by atoms with Gasteiger partial charge < -0.3 is 15.8 Å². The van der Waals surface area contributed by atoms with Gasteiger partial charge in [-0.2, -0.15) is 0 Å². The van der Waals surface area contributed by atoms with E-state index in [0.717, 1.165) is 0 Å². The average molecular weight is 322 g/mol. The van der Waals surface area contributed by atoms with Crippen molar-refractivity contribution in [3.8, 4) is 5.75 Å². The summed E-state index contributed by atoms with van der Waals surface area (Å²) in [6, 6.07) is 6.66. The van der Waals surface area contributed by atoms with Crippen LogP contribution in [0.15, 0.2) is 36.7 Å². The lowest BCUT2D eigenvalue weighted by Gasteiger charge is -2.14. The summed E-state index contributed by atoms with van der Waals surface area (Å²) in [7, 11) is 1.49. The van der Waals surface area contributed by atoms with Crippen LogP contribution in [0.25, 0.3) is 0 Å². The van der Waals surface area contributed by atoms with Gasteiger partial charge in [0, 0.05) is 18.0 Å². The molecule has 0 aliphatic rings. The van der Waals surface area contributed by atoms with E-state index in [1.807, 2.05) is 0 Å². The topological polar surface area (TPSA) is 77.2 Å². The maximum atomic E-state index is 12.3. The molecule has 0 atom stereocenters. The van der Waals surface area contributed by atoms with Crippen molar-refractivity contribution in [3.05, 3.63) is 52.8 Å². The molecule has 0 aliphatic carbocycles. The molecule has 2 rings (SSSR count). The van der Waals surface area contributed by atoms with Crippen molar-refractivity contribution in [2.24, 2.45) is 5.73 Å². The monoisotopic (exact) mass is 321 g/mol. The number of pyridine rings is 1. The number of carbonyl (C=O) groups excluding carboxylic acids is 1. The van der Waals surface area contributed by atoms with Gasteiger partial charge in [0.25, 0.3) is 5.91 Å². The smallest absolute Gasteiger partial charge is 0.257 e. The van der Waals surface area contributed by atoms with Crippen molar-refractivity contribution in [2.75, 3.05) is 12.4 Å². The molecule has 7 heteroatoms. The number of carbonyl (C=O) groups is 1. The van der Waals surface area contributed by atoms with E-state index < -0.39 is 5.91 Å². The van der Waals surface area contributed by atoms with Crippen molar-refractivity contribution >= 4 is 40.4 Å². The molecule has 0 saturated carbocycles. The molecule has 5 nitrogen and oxygen atoms in total. The molecule has 0 unspecified atom stereocenters. The van der Waals surface area contributed by atoms with E-state index in [2.05, 4.69) is 10.3 Å². The van der Waals surface area contributed by atoms with Gasteiger partial charge in [0.05, 0.1) is 23.4 Å². The van der Waals surface area contributed by atoms with Crippen LogP contribution in [-0.2, 0) is 0 Å². The van der Waals surface area contributed by atoms with E-state index >= 15 is 0 Å². The summed E-state index contributed by atoms with van der Waals surface area (Å²) in [5.41, 5.74) is 6.89. The highest BCUT2D eigenvalue weighted by molar-refractivity contribution is 7.80. The molecule has 2 aromatic rings. The molecule has 21 heavy (non-hydrogen) atoms. The molecule has 0 spiro atoms. The number of nitrogens with one attached hydrogen (secondary N) is 1. The molecule has 0 bridgehead atoms. The predicted octanol–water partition coefficient (Wildman–Crippen LogP) is 2.63. The number of hydrogen-bond donors (Lipinski definition) is 2. The SMILES string of the molecule is COc1cccc(C(N)=S)c1NC(=O)c1ccncc1Cl. The number of halogens is 1. The third-order valence-corrected chi connectivity index (χ3v) is 3.29. The van der Waals surface area contributed by atoms with Gasteiger partial charge in [0.1, 0.15) is 10.7 Å². The highest BCUT2D eigenvalue weighted by atomic mass is 35.5. The highest BCUT2D eigenvalue weighted by Gasteiger charge is 2.16. The molecule has 108 valence electrons. The second-order valence-corrected chi connectivity index (χ2v) is 4.90. The number of thiocarbonyl (C=S) groups is 1. The number of aromatic nitrogens is 1.